The highest BCUT2D eigenvalue weighted by atomic mass is 35.6. The number of hydrogen-bond acceptors (Lipinski definition) is 7. The summed E-state index contributed by atoms with van der Waals surface area (Å²) in [5.74, 6) is -3.12. The van der Waals surface area contributed by atoms with E-state index < -0.39 is 67.3 Å². The van der Waals surface area contributed by atoms with Gasteiger partial charge in [0.25, 0.3) is 0 Å². The summed E-state index contributed by atoms with van der Waals surface area (Å²) in [6.07, 6.45) is 5.64. The van der Waals surface area contributed by atoms with Crippen molar-refractivity contribution in [1.29, 1.82) is 0 Å². The molecular formula is C27H44Cl3N3O7S. The van der Waals surface area contributed by atoms with E-state index in [1.807, 2.05) is 0 Å². The number of amides is 2. The van der Waals surface area contributed by atoms with Crippen LogP contribution in [0.5, 0.6) is 0 Å². The third-order valence-corrected chi connectivity index (χ3v) is 7.56. The van der Waals surface area contributed by atoms with Crippen LogP contribution in [-0.4, -0.2) is 67.8 Å². The van der Waals surface area contributed by atoms with Gasteiger partial charge in [-0.3, -0.25) is 14.4 Å². The van der Waals surface area contributed by atoms with Crippen LogP contribution in [0.3, 0.4) is 0 Å². The van der Waals surface area contributed by atoms with Gasteiger partial charge in [0.1, 0.15) is 25.3 Å². The Balaban J connectivity index is 5.42. The van der Waals surface area contributed by atoms with Crippen molar-refractivity contribution in [1.82, 2.24) is 15.4 Å². The minimum Gasteiger partial charge on any atom is -0.461 e. The third-order valence-electron chi connectivity index (χ3n) is 5.60. The van der Waals surface area contributed by atoms with E-state index in [0.717, 1.165) is 0 Å². The molecule has 0 spiro atoms. The second kappa shape index (κ2) is 18.8. The van der Waals surface area contributed by atoms with Crippen molar-refractivity contribution in [3.63, 3.8) is 0 Å². The van der Waals surface area contributed by atoms with Gasteiger partial charge < -0.3 is 20.1 Å². The lowest BCUT2D eigenvalue weighted by molar-refractivity contribution is -0.146. The fraction of sp³-hybridized carbons (Fsp3) is 0.704. The molecule has 0 aromatic carbocycles. The number of halogens is 3. The predicted octanol–water partition coefficient (Wildman–Crippen LogP) is 4.06. The molecule has 236 valence electrons. The number of ether oxygens (including phenoxy) is 2. The van der Waals surface area contributed by atoms with Crippen molar-refractivity contribution in [2.24, 2.45) is 11.8 Å². The fourth-order valence-electron chi connectivity index (χ4n) is 3.10. The van der Waals surface area contributed by atoms with Crippen LogP contribution in [0.4, 0.5) is 0 Å². The maximum atomic E-state index is 13.3. The number of nitrogens with one attached hydrogen (secondary N) is 3. The highest BCUT2D eigenvalue weighted by molar-refractivity contribution is 7.84. The van der Waals surface area contributed by atoms with Crippen molar-refractivity contribution in [2.45, 2.75) is 94.4 Å². The summed E-state index contributed by atoms with van der Waals surface area (Å²) in [6, 6.07) is -2.42. The molecule has 0 fully saturated rings. The standard InChI is InChI=1S/C27H44Cl3N3O7S/c1-9-15-39-25(37)19(5)31-24(36)22(17(2)3)32-23(35)18(4)20(33-41(38)26(6,7)8)13-11-10-12-14-21(34)40-16-27(28,29)30/h9-11,17-20,22,33H,1,12-16H2,2-8H3,(H,31,36)(H,32,35)/b11-10-/t18-,19+,20+,22+,41+/m0/s1. The van der Waals surface area contributed by atoms with Gasteiger partial charge >= 0.3 is 11.9 Å². The van der Waals surface area contributed by atoms with Gasteiger partial charge in [0.2, 0.25) is 15.6 Å². The van der Waals surface area contributed by atoms with Gasteiger partial charge in [-0.25, -0.2) is 13.7 Å². The van der Waals surface area contributed by atoms with Crippen LogP contribution >= 0.6 is 34.8 Å². The molecule has 0 aliphatic carbocycles. The molecule has 0 aromatic rings. The first kappa shape index (κ1) is 39.3. The smallest absolute Gasteiger partial charge is 0.328 e. The topological polar surface area (TPSA) is 140 Å². The molecule has 5 atom stereocenters. The number of carbonyl (C=O) groups excluding carboxylic acids is 4. The first-order valence-electron chi connectivity index (χ1n) is 13.2. The Morgan fingerprint density at radius 2 is 1.56 bits per heavy atom. The van der Waals surface area contributed by atoms with Crippen molar-refractivity contribution in [3.8, 4) is 0 Å². The Labute approximate surface area is 261 Å². The molecule has 10 nitrogen and oxygen atoms in total. The molecule has 2 amide bonds. The Hall–Kier alpha value is -1.66. The highest BCUT2D eigenvalue weighted by Crippen LogP contribution is 2.26. The van der Waals surface area contributed by atoms with Gasteiger partial charge in [0, 0.05) is 12.5 Å². The van der Waals surface area contributed by atoms with Crippen LogP contribution in [0.1, 0.15) is 67.7 Å². The monoisotopic (exact) mass is 659 g/mol. The Morgan fingerprint density at radius 1 is 0.951 bits per heavy atom. The van der Waals surface area contributed by atoms with E-state index >= 15 is 0 Å². The summed E-state index contributed by atoms with van der Waals surface area (Å²) in [4.78, 5) is 50.0. The van der Waals surface area contributed by atoms with E-state index in [1.165, 1.54) is 13.0 Å². The Kier molecular flexibility index (Phi) is 18.0. The first-order chi connectivity index (χ1) is 18.8. The number of esters is 2. The maximum absolute atomic E-state index is 13.3. The number of hydrogen-bond donors (Lipinski definition) is 3. The van der Waals surface area contributed by atoms with Crippen molar-refractivity contribution in [3.05, 3.63) is 24.8 Å². The third kappa shape index (κ3) is 17.1. The largest absolute Gasteiger partial charge is 0.461 e. The average Bonchev–Trinajstić information content (AvgIpc) is 2.86. The number of alkyl halides is 3. The van der Waals surface area contributed by atoms with Crippen LogP contribution in [-0.2, 0) is 39.6 Å². The Morgan fingerprint density at radius 3 is 2.07 bits per heavy atom. The van der Waals surface area contributed by atoms with Crippen molar-refractivity contribution >= 4 is 69.5 Å². The first-order valence-corrected chi connectivity index (χ1v) is 15.5. The van der Waals surface area contributed by atoms with Gasteiger partial charge in [-0.1, -0.05) is 80.4 Å². The average molecular weight is 661 g/mol. The van der Waals surface area contributed by atoms with Crippen LogP contribution in [0.15, 0.2) is 24.8 Å². The number of rotatable bonds is 17. The number of carbonyl (C=O) groups is 4. The van der Waals surface area contributed by atoms with E-state index in [1.54, 1.807) is 53.7 Å². The second-order valence-electron chi connectivity index (χ2n) is 10.8. The van der Waals surface area contributed by atoms with Crippen LogP contribution in [0, 0.1) is 11.8 Å². The minimum atomic E-state index is -1.69. The van der Waals surface area contributed by atoms with E-state index in [2.05, 4.69) is 21.9 Å². The summed E-state index contributed by atoms with van der Waals surface area (Å²) in [5.41, 5.74) is 0. The lowest BCUT2D eigenvalue weighted by atomic mass is 9.96. The predicted molar refractivity (Wildman–Crippen MR) is 164 cm³/mol. The molecule has 0 heterocycles. The quantitative estimate of drug-likeness (QED) is 0.121. The molecule has 3 N–H and O–H groups in total. The second-order valence-corrected chi connectivity index (χ2v) is 15.3. The Bertz CT molecular complexity index is 949. The van der Waals surface area contributed by atoms with E-state index in [4.69, 9.17) is 44.3 Å². The lowest BCUT2D eigenvalue weighted by Gasteiger charge is -2.29. The molecule has 0 saturated carbocycles. The molecule has 0 saturated heterocycles. The van der Waals surface area contributed by atoms with E-state index in [9.17, 15) is 23.4 Å². The SMILES string of the molecule is C=CCOC(=O)[C@@H](C)NC(=O)[C@H](NC(=O)[C@@H](C)[C@@H](C/C=C\CCC(=O)OCC(Cl)(Cl)Cl)N[S@](=O)C(C)(C)C)C(C)C. The van der Waals surface area contributed by atoms with Crippen LogP contribution in [0.2, 0.25) is 0 Å². The minimum absolute atomic E-state index is 0.0144. The highest BCUT2D eigenvalue weighted by Gasteiger charge is 2.33. The molecule has 0 radical (unpaired) electrons. The van der Waals surface area contributed by atoms with Crippen LogP contribution in [0.25, 0.3) is 0 Å². The zero-order chi connectivity index (χ0) is 32.0. The molecular weight excluding hydrogens is 617 g/mol. The van der Waals surface area contributed by atoms with Gasteiger partial charge in [-0.15, -0.1) is 0 Å². The molecule has 14 heteroatoms. The van der Waals surface area contributed by atoms with Crippen LogP contribution < -0.4 is 15.4 Å². The number of allylic oxidation sites excluding steroid dienone is 1. The zero-order valence-corrected chi connectivity index (χ0v) is 27.8. The van der Waals surface area contributed by atoms with Gasteiger partial charge in [0.05, 0.1) is 21.7 Å². The van der Waals surface area contributed by atoms with Gasteiger partial charge in [0.15, 0.2) is 0 Å². The lowest BCUT2D eigenvalue weighted by Crippen LogP contribution is -2.56. The van der Waals surface area contributed by atoms with Crippen molar-refractivity contribution < 1.29 is 32.9 Å². The summed E-state index contributed by atoms with van der Waals surface area (Å²) in [6.45, 7) is 15.2. The summed E-state index contributed by atoms with van der Waals surface area (Å²) >= 11 is 16.7. The van der Waals surface area contributed by atoms with E-state index in [0.29, 0.717) is 12.8 Å². The summed E-state index contributed by atoms with van der Waals surface area (Å²) in [5, 5.41) is 5.34. The maximum Gasteiger partial charge on any atom is 0.328 e. The molecule has 0 unspecified atom stereocenters. The molecule has 0 aliphatic rings. The van der Waals surface area contributed by atoms with Gasteiger partial charge in [-0.2, -0.15) is 0 Å². The summed E-state index contributed by atoms with van der Waals surface area (Å²) in [7, 11) is -1.49. The fourth-order valence-corrected chi connectivity index (χ4v) is 4.19. The normalized spacial score (nSPS) is 15.9. The molecule has 0 rings (SSSR count). The molecule has 0 aliphatic heterocycles. The summed E-state index contributed by atoms with van der Waals surface area (Å²) < 4.78 is 23.5. The molecule has 0 bridgehead atoms. The van der Waals surface area contributed by atoms with Gasteiger partial charge in [-0.05, 0) is 46.5 Å². The van der Waals surface area contributed by atoms with E-state index in [-0.39, 0.29) is 25.6 Å². The van der Waals surface area contributed by atoms with Crippen molar-refractivity contribution in [2.75, 3.05) is 13.2 Å². The molecule has 0 aromatic heterocycles. The zero-order valence-electron chi connectivity index (χ0n) is 24.8. The molecule has 41 heavy (non-hydrogen) atoms.